The Kier molecular flexibility index (Phi) is 3.60. The van der Waals surface area contributed by atoms with Crippen LogP contribution in [0.2, 0.25) is 0 Å². The molecule has 0 aliphatic carbocycles. The van der Waals surface area contributed by atoms with Crippen LogP contribution in [0.25, 0.3) is 0 Å². The molecule has 106 valence electrons. The molecule has 3 rings (SSSR count). The molecule has 5 nitrogen and oxygen atoms in total. The maximum absolute atomic E-state index is 10.3. The van der Waals surface area contributed by atoms with E-state index in [1.807, 2.05) is 37.5 Å². The van der Waals surface area contributed by atoms with E-state index in [-0.39, 0.29) is 0 Å². The van der Waals surface area contributed by atoms with Gasteiger partial charge in [0.15, 0.2) is 11.5 Å². The lowest BCUT2D eigenvalue weighted by Gasteiger charge is -2.13. The Labute approximate surface area is 117 Å². The Bertz CT molecular complexity index is 595. The van der Waals surface area contributed by atoms with Crippen molar-refractivity contribution < 1.29 is 14.6 Å². The second-order valence-corrected chi connectivity index (χ2v) is 4.96. The summed E-state index contributed by atoms with van der Waals surface area (Å²) < 4.78 is 13.0. The molecule has 1 N–H and O–H groups in total. The number of aryl methyl sites for hydroxylation is 1. The Balaban J connectivity index is 1.77. The van der Waals surface area contributed by atoms with Gasteiger partial charge < -0.3 is 14.6 Å². The fraction of sp³-hybridized carbons (Fsp3) is 0.400. The predicted octanol–water partition coefficient (Wildman–Crippen LogP) is 1.86. The summed E-state index contributed by atoms with van der Waals surface area (Å²) in [5.74, 6) is 1.45. The third-order valence-corrected chi connectivity index (χ3v) is 3.33. The number of aliphatic hydroxyl groups is 1. The zero-order chi connectivity index (χ0) is 13.9. The molecule has 1 aromatic carbocycles. The molecule has 20 heavy (non-hydrogen) atoms. The van der Waals surface area contributed by atoms with Gasteiger partial charge in [0.2, 0.25) is 0 Å². The van der Waals surface area contributed by atoms with E-state index < -0.39 is 6.10 Å². The minimum atomic E-state index is -0.595. The molecule has 1 aliphatic rings. The van der Waals surface area contributed by atoms with Gasteiger partial charge in [0.05, 0.1) is 25.0 Å². The monoisotopic (exact) mass is 274 g/mol. The zero-order valence-corrected chi connectivity index (χ0v) is 11.5. The number of fused-ring (bicyclic) bond motifs is 1. The first-order valence-electron chi connectivity index (χ1n) is 6.78. The van der Waals surface area contributed by atoms with Gasteiger partial charge in [-0.25, -0.2) is 0 Å². The van der Waals surface area contributed by atoms with Gasteiger partial charge in [-0.15, -0.1) is 0 Å². The molecule has 2 aromatic rings. The first-order valence-corrected chi connectivity index (χ1v) is 6.78. The van der Waals surface area contributed by atoms with Gasteiger partial charge in [-0.3, -0.25) is 4.68 Å². The Hall–Kier alpha value is -2.01. The molecule has 2 heterocycles. The maximum Gasteiger partial charge on any atom is 0.161 e. The van der Waals surface area contributed by atoms with Crippen LogP contribution in [0.4, 0.5) is 0 Å². The molecule has 0 saturated heterocycles. The first kappa shape index (κ1) is 13.0. The molecule has 0 amide bonds. The van der Waals surface area contributed by atoms with Crippen LogP contribution in [0.15, 0.2) is 30.5 Å². The highest BCUT2D eigenvalue weighted by Gasteiger charge is 2.15. The van der Waals surface area contributed by atoms with Crippen LogP contribution in [-0.4, -0.2) is 28.1 Å². The van der Waals surface area contributed by atoms with Crippen molar-refractivity contribution in [3.8, 4) is 11.5 Å². The summed E-state index contributed by atoms with van der Waals surface area (Å²) in [6.07, 6.45) is 2.64. The van der Waals surface area contributed by atoms with E-state index >= 15 is 0 Å². The van der Waals surface area contributed by atoms with Crippen LogP contribution in [0.3, 0.4) is 0 Å². The molecule has 1 aliphatic heterocycles. The number of ether oxygens (including phenoxy) is 2. The number of nitrogens with zero attached hydrogens (tertiary/aromatic N) is 2. The first-order chi connectivity index (χ1) is 9.72. The van der Waals surface area contributed by atoms with Crippen LogP contribution < -0.4 is 9.47 Å². The second-order valence-electron chi connectivity index (χ2n) is 4.96. The number of hydrogen-bond donors (Lipinski definition) is 1. The van der Waals surface area contributed by atoms with E-state index in [0.717, 1.165) is 23.4 Å². The molecular weight excluding hydrogens is 256 g/mol. The summed E-state index contributed by atoms with van der Waals surface area (Å²) in [7, 11) is 1.86. The van der Waals surface area contributed by atoms with Gasteiger partial charge in [0.25, 0.3) is 0 Å². The molecule has 1 unspecified atom stereocenters. The van der Waals surface area contributed by atoms with Crippen molar-refractivity contribution in [2.75, 3.05) is 13.2 Å². The summed E-state index contributed by atoms with van der Waals surface area (Å²) in [4.78, 5) is 0. The lowest BCUT2D eigenvalue weighted by atomic mass is 10.0. The molecule has 0 fully saturated rings. The van der Waals surface area contributed by atoms with Crippen molar-refractivity contribution in [2.24, 2.45) is 7.05 Å². The summed E-state index contributed by atoms with van der Waals surface area (Å²) in [6, 6.07) is 7.50. The zero-order valence-electron chi connectivity index (χ0n) is 11.5. The Morgan fingerprint density at radius 1 is 1.25 bits per heavy atom. The number of rotatable bonds is 3. The summed E-state index contributed by atoms with van der Waals surface area (Å²) in [5, 5.41) is 14.6. The molecule has 0 radical (unpaired) electrons. The summed E-state index contributed by atoms with van der Waals surface area (Å²) in [5.41, 5.74) is 1.69. The molecule has 5 heteroatoms. The average molecular weight is 274 g/mol. The van der Waals surface area contributed by atoms with Crippen LogP contribution >= 0.6 is 0 Å². The number of benzene rings is 1. The number of hydrogen-bond acceptors (Lipinski definition) is 4. The Morgan fingerprint density at radius 2 is 2.05 bits per heavy atom. The maximum atomic E-state index is 10.3. The van der Waals surface area contributed by atoms with Crippen molar-refractivity contribution in [1.29, 1.82) is 0 Å². The van der Waals surface area contributed by atoms with Gasteiger partial charge in [0, 0.05) is 26.1 Å². The van der Waals surface area contributed by atoms with Crippen LogP contribution in [0.5, 0.6) is 11.5 Å². The number of aromatic nitrogens is 2. The van der Waals surface area contributed by atoms with E-state index in [9.17, 15) is 5.11 Å². The topological polar surface area (TPSA) is 56.5 Å². The Morgan fingerprint density at radius 3 is 2.80 bits per heavy atom. The van der Waals surface area contributed by atoms with Crippen LogP contribution in [0, 0.1) is 0 Å². The van der Waals surface area contributed by atoms with Crippen molar-refractivity contribution in [3.63, 3.8) is 0 Å². The molecular formula is C15H18N2O3. The predicted molar refractivity (Wildman–Crippen MR) is 73.9 cm³/mol. The van der Waals surface area contributed by atoms with E-state index in [0.29, 0.717) is 25.4 Å². The van der Waals surface area contributed by atoms with E-state index in [4.69, 9.17) is 9.47 Å². The highest BCUT2D eigenvalue weighted by Crippen LogP contribution is 2.32. The largest absolute Gasteiger partial charge is 0.490 e. The van der Waals surface area contributed by atoms with Crippen LogP contribution in [0.1, 0.15) is 23.8 Å². The molecule has 0 spiro atoms. The molecule has 1 atom stereocenters. The third kappa shape index (κ3) is 2.77. The minimum Gasteiger partial charge on any atom is -0.490 e. The highest BCUT2D eigenvalue weighted by molar-refractivity contribution is 5.44. The van der Waals surface area contributed by atoms with Crippen molar-refractivity contribution in [1.82, 2.24) is 9.78 Å². The second kappa shape index (κ2) is 5.54. The molecule has 0 bridgehead atoms. The lowest BCUT2D eigenvalue weighted by Crippen LogP contribution is -2.04. The quantitative estimate of drug-likeness (QED) is 0.928. The minimum absolute atomic E-state index is 0.487. The summed E-state index contributed by atoms with van der Waals surface area (Å²) >= 11 is 0. The lowest BCUT2D eigenvalue weighted by molar-refractivity contribution is 0.176. The van der Waals surface area contributed by atoms with Gasteiger partial charge in [-0.05, 0) is 23.8 Å². The fourth-order valence-electron chi connectivity index (χ4n) is 2.28. The normalized spacial score (nSPS) is 15.7. The van der Waals surface area contributed by atoms with E-state index in [2.05, 4.69) is 5.10 Å². The van der Waals surface area contributed by atoms with Crippen LogP contribution in [-0.2, 0) is 13.5 Å². The van der Waals surface area contributed by atoms with Gasteiger partial charge in [0.1, 0.15) is 0 Å². The van der Waals surface area contributed by atoms with Gasteiger partial charge >= 0.3 is 0 Å². The highest BCUT2D eigenvalue weighted by atomic mass is 16.5. The van der Waals surface area contributed by atoms with E-state index in [1.54, 1.807) is 4.68 Å². The van der Waals surface area contributed by atoms with Crippen molar-refractivity contribution in [3.05, 3.63) is 41.7 Å². The SMILES string of the molecule is Cn1ccc(CC(O)c2ccc3c(c2)OCCCO3)n1. The summed E-state index contributed by atoms with van der Waals surface area (Å²) in [6.45, 7) is 1.32. The van der Waals surface area contributed by atoms with E-state index in [1.165, 1.54) is 0 Å². The molecule has 0 saturated carbocycles. The third-order valence-electron chi connectivity index (χ3n) is 3.33. The smallest absolute Gasteiger partial charge is 0.161 e. The number of aliphatic hydroxyl groups excluding tert-OH is 1. The average Bonchev–Trinajstić information content (AvgIpc) is 2.72. The van der Waals surface area contributed by atoms with Gasteiger partial charge in [-0.1, -0.05) is 6.07 Å². The van der Waals surface area contributed by atoms with Crippen molar-refractivity contribution in [2.45, 2.75) is 18.9 Å². The van der Waals surface area contributed by atoms with Gasteiger partial charge in [-0.2, -0.15) is 5.10 Å². The van der Waals surface area contributed by atoms with Crippen molar-refractivity contribution >= 4 is 0 Å². The fourth-order valence-corrected chi connectivity index (χ4v) is 2.28. The molecule has 1 aromatic heterocycles. The standard InChI is InChI=1S/C15H18N2O3/c1-17-6-5-12(16-17)10-13(18)11-3-4-14-15(9-11)20-8-2-7-19-14/h3-6,9,13,18H,2,7-8,10H2,1H3.